The second-order valence-electron chi connectivity index (χ2n) is 4.26. The average molecular weight is 258 g/mol. The Hall–Kier alpha value is -2.23. The van der Waals surface area contributed by atoms with Gasteiger partial charge in [0.15, 0.2) is 0 Å². The molecule has 0 radical (unpaired) electrons. The van der Waals surface area contributed by atoms with Crippen LogP contribution in [-0.2, 0) is 6.42 Å². The normalized spacial score (nSPS) is 10.3. The maximum atomic E-state index is 13.0. The van der Waals surface area contributed by atoms with Gasteiger partial charge in [-0.05, 0) is 36.6 Å². The van der Waals surface area contributed by atoms with Crippen LogP contribution < -0.4 is 5.32 Å². The predicted molar refractivity (Wildman–Crippen MR) is 72.7 cm³/mol. The number of hydrogen-bond acceptors (Lipinski definition) is 2. The van der Waals surface area contributed by atoms with E-state index in [9.17, 15) is 9.18 Å². The van der Waals surface area contributed by atoms with Crippen LogP contribution in [0.2, 0.25) is 0 Å². The van der Waals surface area contributed by atoms with E-state index in [4.69, 9.17) is 0 Å². The van der Waals surface area contributed by atoms with Crippen molar-refractivity contribution in [2.45, 2.75) is 20.3 Å². The first-order chi connectivity index (χ1) is 9.11. The summed E-state index contributed by atoms with van der Waals surface area (Å²) < 4.78 is 13.0. The summed E-state index contributed by atoms with van der Waals surface area (Å²) in [5.74, 6) is -1.06. The van der Waals surface area contributed by atoms with Gasteiger partial charge in [0.1, 0.15) is 5.69 Å². The topological polar surface area (TPSA) is 42.0 Å². The number of benzene rings is 1. The predicted octanol–water partition coefficient (Wildman–Crippen LogP) is 3.34. The Morgan fingerprint density at radius 1 is 1.26 bits per heavy atom. The van der Waals surface area contributed by atoms with Crippen LogP contribution in [0.5, 0.6) is 0 Å². The van der Waals surface area contributed by atoms with Crippen LogP contribution in [0, 0.1) is 12.9 Å². The van der Waals surface area contributed by atoms with Gasteiger partial charge in [0.2, 0.25) is 5.95 Å². The van der Waals surface area contributed by atoms with Gasteiger partial charge in [-0.3, -0.25) is 4.79 Å². The molecule has 2 rings (SSSR count). The largest absolute Gasteiger partial charge is 0.320 e. The van der Waals surface area contributed by atoms with Crippen LogP contribution in [0.1, 0.15) is 28.5 Å². The van der Waals surface area contributed by atoms with Crippen molar-refractivity contribution in [2.24, 2.45) is 0 Å². The molecule has 1 heterocycles. The van der Waals surface area contributed by atoms with Gasteiger partial charge in [-0.1, -0.05) is 31.2 Å². The Morgan fingerprint density at radius 3 is 2.68 bits per heavy atom. The van der Waals surface area contributed by atoms with E-state index in [2.05, 4.69) is 10.3 Å². The van der Waals surface area contributed by atoms with Crippen LogP contribution >= 0.6 is 0 Å². The summed E-state index contributed by atoms with van der Waals surface area (Å²) in [4.78, 5) is 15.6. The molecule has 0 aliphatic rings. The third kappa shape index (κ3) is 2.96. The van der Waals surface area contributed by atoms with E-state index in [1.54, 1.807) is 0 Å². The highest BCUT2D eigenvalue weighted by molar-refractivity contribution is 6.03. The number of carbonyl (C=O) groups excluding carboxylic acids is 1. The molecule has 0 aliphatic carbocycles. The maximum Gasteiger partial charge on any atom is 0.274 e. The maximum absolute atomic E-state index is 13.0. The molecule has 0 saturated carbocycles. The number of amides is 1. The van der Waals surface area contributed by atoms with Crippen molar-refractivity contribution < 1.29 is 9.18 Å². The van der Waals surface area contributed by atoms with Crippen LogP contribution in [0.4, 0.5) is 10.1 Å². The summed E-state index contributed by atoms with van der Waals surface area (Å²) in [6.07, 6.45) is 0.813. The van der Waals surface area contributed by atoms with Crippen molar-refractivity contribution in [2.75, 3.05) is 5.32 Å². The molecule has 1 aromatic heterocycles. The van der Waals surface area contributed by atoms with Gasteiger partial charge in [0.25, 0.3) is 5.91 Å². The van der Waals surface area contributed by atoms with Crippen molar-refractivity contribution in [3.8, 4) is 0 Å². The lowest BCUT2D eigenvalue weighted by Gasteiger charge is -2.12. The molecular weight excluding hydrogens is 243 g/mol. The molecule has 0 aliphatic heterocycles. The molecule has 4 heteroatoms. The van der Waals surface area contributed by atoms with E-state index >= 15 is 0 Å². The molecule has 0 bridgehead atoms. The van der Waals surface area contributed by atoms with Crippen molar-refractivity contribution in [1.29, 1.82) is 0 Å². The second-order valence-corrected chi connectivity index (χ2v) is 4.26. The zero-order chi connectivity index (χ0) is 13.8. The van der Waals surface area contributed by atoms with E-state index in [-0.39, 0.29) is 5.69 Å². The quantitative estimate of drug-likeness (QED) is 0.858. The SMILES string of the molecule is CCc1cccc(C)c1NC(=O)c1cccc(F)n1. The van der Waals surface area contributed by atoms with E-state index in [1.165, 1.54) is 18.2 Å². The molecular formula is C15H15FN2O. The number of carbonyl (C=O) groups is 1. The molecule has 98 valence electrons. The number of nitrogens with one attached hydrogen (secondary N) is 1. The third-order valence-corrected chi connectivity index (χ3v) is 2.93. The summed E-state index contributed by atoms with van der Waals surface area (Å²) in [5, 5.41) is 2.81. The number of pyridine rings is 1. The number of hydrogen-bond donors (Lipinski definition) is 1. The molecule has 0 unspecified atom stereocenters. The van der Waals surface area contributed by atoms with E-state index in [0.29, 0.717) is 0 Å². The smallest absolute Gasteiger partial charge is 0.274 e. The first-order valence-electron chi connectivity index (χ1n) is 6.14. The van der Waals surface area contributed by atoms with Crippen LogP contribution in [0.15, 0.2) is 36.4 Å². The molecule has 0 saturated heterocycles. The second kappa shape index (κ2) is 5.61. The minimum Gasteiger partial charge on any atom is -0.320 e. The van der Waals surface area contributed by atoms with Gasteiger partial charge in [-0.25, -0.2) is 4.98 Å². The molecule has 0 fully saturated rings. The summed E-state index contributed by atoms with van der Waals surface area (Å²) in [7, 11) is 0. The van der Waals surface area contributed by atoms with Crippen LogP contribution in [-0.4, -0.2) is 10.9 Å². The molecule has 1 N–H and O–H groups in total. The minimum absolute atomic E-state index is 0.0744. The van der Waals surface area contributed by atoms with Gasteiger partial charge in [-0.15, -0.1) is 0 Å². The zero-order valence-electron chi connectivity index (χ0n) is 10.9. The molecule has 1 aromatic carbocycles. The summed E-state index contributed by atoms with van der Waals surface area (Å²) in [6.45, 7) is 3.94. The Kier molecular flexibility index (Phi) is 3.90. The Morgan fingerprint density at radius 2 is 2.00 bits per heavy atom. The van der Waals surface area contributed by atoms with E-state index in [0.717, 1.165) is 23.2 Å². The van der Waals surface area contributed by atoms with E-state index in [1.807, 2.05) is 32.0 Å². The number of aryl methyl sites for hydroxylation is 2. The highest BCUT2D eigenvalue weighted by atomic mass is 19.1. The number of anilines is 1. The lowest BCUT2D eigenvalue weighted by atomic mass is 10.1. The molecule has 3 nitrogen and oxygen atoms in total. The summed E-state index contributed by atoms with van der Waals surface area (Å²) in [6, 6.07) is 10.00. The average Bonchev–Trinajstić information content (AvgIpc) is 2.41. The van der Waals surface area contributed by atoms with Gasteiger partial charge in [0, 0.05) is 5.69 Å². The summed E-state index contributed by atoms with van der Waals surface area (Å²) in [5.41, 5.74) is 2.88. The number of aromatic nitrogens is 1. The van der Waals surface area contributed by atoms with Crippen molar-refractivity contribution >= 4 is 11.6 Å². The molecule has 0 atom stereocenters. The van der Waals surface area contributed by atoms with Gasteiger partial charge >= 0.3 is 0 Å². The number of nitrogens with zero attached hydrogens (tertiary/aromatic N) is 1. The first-order valence-corrected chi connectivity index (χ1v) is 6.14. The number of para-hydroxylation sites is 1. The molecule has 2 aromatic rings. The monoisotopic (exact) mass is 258 g/mol. The fraction of sp³-hybridized carbons (Fsp3) is 0.200. The van der Waals surface area contributed by atoms with Crippen molar-refractivity contribution in [1.82, 2.24) is 4.98 Å². The Bertz CT molecular complexity index is 611. The molecule has 1 amide bonds. The Balaban J connectivity index is 2.29. The first kappa shape index (κ1) is 13.2. The number of halogens is 1. The van der Waals surface area contributed by atoms with Crippen molar-refractivity contribution in [3.05, 3.63) is 59.2 Å². The molecule has 19 heavy (non-hydrogen) atoms. The fourth-order valence-corrected chi connectivity index (χ4v) is 1.91. The fourth-order valence-electron chi connectivity index (χ4n) is 1.91. The van der Waals surface area contributed by atoms with Gasteiger partial charge < -0.3 is 5.32 Å². The van der Waals surface area contributed by atoms with Gasteiger partial charge in [-0.2, -0.15) is 4.39 Å². The van der Waals surface area contributed by atoms with Crippen molar-refractivity contribution in [3.63, 3.8) is 0 Å². The minimum atomic E-state index is -0.659. The summed E-state index contributed by atoms with van der Waals surface area (Å²) >= 11 is 0. The highest BCUT2D eigenvalue weighted by Gasteiger charge is 2.12. The molecule has 0 spiro atoms. The van der Waals surface area contributed by atoms with Gasteiger partial charge in [0.05, 0.1) is 0 Å². The number of rotatable bonds is 3. The Labute approximate surface area is 111 Å². The lowest BCUT2D eigenvalue weighted by Crippen LogP contribution is -2.16. The highest BCUT2D eigenvalue weighted by Crippen LogP contribution is 2.21. The van der Waals surface area contributed by atoms with E-state index < -0.39 is 11.9 Å². The third-order valence-electron chi connectivity index (χ3n) is 2.93. The standard InChI is InChI=1S/C15H15FN2O/c1-3-11-7-4-6-10(2)14(11)18-15(19)12-8-5-9-13(16)17-12/h4-9H,3H2,1-2H3,(H,18,19). The zero-order valence-corrected chi connectivity index (χ0v) is 10.9. The lowest BCUT2D eigenvalue weighted by molar-refractivity contribution is 0.102. The van der Waals surface area contributed by atoms with Crippen LogP contribution in [0.3, 0.4) is 0 Å². The van der Waals surface area contributed by atoms with Crippen LogP contribution in [0.25, 0.3) is 0 Å².